The van der Waals surface area contributed by atoms with E-state index in [0.717, 1.165) is 18.6 Å². The third-order valence-electron chi connectivity index (χ3n) is 2.49. The highest BCUT2D eigenvalue weighted by atomic mass is 79.9. The first-order valence-electron chi connectivity index (χ1n) is 6.28. The van der Waals surface area contributed by atoms with Gasteiger partial charge >= 0.3 is 0 Å². The summed E-state index contributed by atoms with van der Waals surface area (Å²) >= 11 is 3.48. The second kappa shape index (κ2) is 8.14. The van der Waals surface area contributed by atoms with Crippen LogP contribution in [0.3, 0.4) is 0 Å². The number of carbonyl (C=O) groups is 1. The number of halogens is 1. The molecule has 1 aromatic carbocycles. The van der Waals surface area contributed by atoms with Crippen LogP contribution in [0, 0.1) is 0 Å². The molecule has 1 aromatic rings. The summed E-state index contributed by atoms with van der Waals surface area (Å²) in [5, 5.41) is 2.91. The third-order valence-corrected chi connectivity index (χ3v) is 2.95. The molecular weight excluding hydrogens is 294 g/mol. The largest absolute Gasteiger partial charge is 0.494 e. The van der Waals surface area contributed by atoms with E-state index >= 15 is 0 Å². The topological polar surface area (TPSA) is 38.3 Å². The molecular formula is C14H20BrNO2. The number of amides is 1. The minimum Gasteiger partial charge on any atom is -0.494 e. The van der Waals surface area contributed by atoms with Gasteiger partial charge in [-0.1, -0.05) is 22.9 Å². The van der Waals surface area contributed by atoms with Gasteiger partial charge in [-0.2, -0.15) is 0 Å². The number of carbonyl (C=O) groups excluding carboxylic acids is 1. The predicted octanol–water partition coefficient (Wildman–Crippen LogP) is 3.38. The molecule has 4 heteroatoms. The summed E-state index contributed by atoms with van der Waals surface area (Å²) in [6.07, 6.45) is 2.04. The second-order valence-electron chi connectivity index (χ2n) is 4.14. The average molecular weight is 314 g/mol. The fourth-order valence-electron chi connectivity index (χ4n) is 1.56. The first-order valence-corrected chi connectivity index (χ1v) is 7.20. The fraction of sp³-hybridized carbons (Fsp3) is 0.500. The Hall–Kier alpha value is -1.03. The number of nitrogens with one attached hydrogen (secondary N) is 1. The zero-order valence-corrected chi connectivity index (χ0v) is 12.5. The lowest BCUT2D eigenvalue weighted by Crippen LogP contribution is -2.24. The Morgan fingerprint density at radius 1 is 1.39 bits per heavy atom. The molecule has 1 rings (SSSR count). The van der Waals surface area contributed by atoms with Crippen molar-refractivity contribution in [1.82, 2.24) is 5.32 Å². The Morgan fingerprint density at radius 3 is 2.61 bits per heavy atom. The molecule has 0 aliphatic rings. The third kappa shape index (κ3) is 5.54. The number of hydrogen-bond acceptors (Lipinski definition) is 2. The van der Waals surface area contributed by atoms with Gasteiger partial charge < -0.3 is 10.1 Å². The van der Waals surface area contributed by atoms with Gasteiger partial charge in [0.2, 0.25) is 0 Å². The van der Waals surface area contributed by atoms with Crippen LogP contribution < -0.4 is 10.1 Å². The van der Waals surface area contributed by atoms with Crippen LogP contribution in [-0.4, -0.2) is 23.9 Å². The molecule has 0 aliphatic heterocycles. The van der Waals surface area contributed by atoms with E-state index in [9.17, 15) is 4.79 Å². The van der Waals surface area contributed by atoms with Crippen molar-refractivity contribution in [3.63, 3.8) is 0 Å². The van der Waals surface area contributed by atoms with Crippen molar-refractivity contribution in [1.29, 1.82) is 0 Å². The number of ether oxygens (including phenoxy) is 1. The molecule has 100 valence electrons. The highest BCUT2D eigenvalue weighted by Gasteiger charge is 2.05. The summed E-state index contributed by atoms with van der Waals surface area (Å²) in [4.78, 5) is 12.3. The highest BCUT2D eigenvalue weighted by Crippen LogP contribution is 2.12. The van der Waals surface area contributed by atoms with Crippen LogP contribution in [0.25, 0.3) is 0 Å². The Kier molecular flexibility index (Phi) is 6.80. The van der Waals surface area contributed by atoms with Gasteiger partial charge in [-0.25, -0.2) is 0 Å². The van der Waals surface area contributed by atoms with E-state index in [-0.39, 0.29) is 5.91 Å². The van der Waals surface area contributed by atoms with Gasteiger partial charge in [0.1, 0.15) is 5.75 Å². The van der Waals surface area contributed by atoms with Crippen LogP contribution in [0.5, 0.6) is 5.75 Å². The van der Waals surface area contributed by atoms with Crippen molar-refractivity contribution in [2.75, 3.05) is 13.2 Å². The SMILES string of the molecule is CCOc1ccc(C(=O)NCCCC(C)Br)cc1. The van der Waals surface area contributed by atoms with Crippen molar-refractivity contribution in [3.05, 3.63) is 29.8 Å². The van der Waals surface area contributed by atoms with Crippen LogP contribution in [0.2, 0.25) is 0 Å². The van der Waals surface area contributed by atoms with Crippen molar-refractivity contribution in [2.24, 2.45) is 0 Å². The average Bonchev–Trinajstić information content (AvgIpc) is 2.35. The summed E-state index contributed by atoms with van der Waals surface area (Å²) in [7, 11) is 0. The van der Waals surface area contributed by atoms with E-state index in [1.165, 1.54) is 0 Å². The molecule has 0 aromatic heterocycles. The van der Waals surface area contributed by atoms with Gasteiger partial charge in [-0.05, 0) is 44.0 Å². The first-order chi connectivity index (χ1) is 8.63. The molecule has 0 saturated heterocycles. The molecule has 0 radical (unpaired) electrons. The van der Waals surface area contributed by atoms with Gasteiger partial charge in [0.05, 0.1) is 6.61 Å². The summed E-state index contributed by atoms with van der Waals surface area (Å²) in [6, 6.07) is 7.21. The first kappa shape index (κ1) is 15.0. The number of alkyl halides is 1. The van der Waals surface area contributed by atoms with Crippen LogP contribution in [0.15, 0.2) is 24.3 Å². The van der Waals surface area contributed by atoms with Gasteiger partial charge in [0, 0.05) is 16.9 Å². The van der Waals surface area contributed by atoms with Gasteiger partial charge in [0.15, 0.2) is 0 Å². The standard InChI is InChI=1S/C14H20BrNO2/c1-3-18-13-8-6-12(7-9-13)14(17)16-10-4-5-11(2)15/h6-9,11H,3-5,10H2,1-2H3,(H,16,17). The van der Waals surface area contributed by atoms with Crippen molar-refractivity contribution < 1.29 is 9.53 Å². The van der Waals surface area contributed by atoms with Gasteiger partial charge in [-0.3, -0.25) is 4.79 Å². The van der Waals surface area contributed by atoms with Gasteiger partial charge in [-0.15, -0.1) is 0 Å². The lowest BCUT2D eigenvalue weighted by molar-refractivity contribution is 0.0953. The molecule has 0 spiro atoms. The quantitative estimate of drug-likeness (QED) is 0.619. The zero-order valence-electron chi connectivity index (χ0n) is 10.9. The number of rotatable bonds is 7. The monoisotopic (exact) mass is 313 g/mol. The summed E-state index contributed by atoms with van der Waals surface area (Å²) < 4.78 is 5.33. The van der Waals surface area contributed by atoms with E-state index < -0.39 is 0 Å². The highest BCUT2D eigenvalue weighted by molar-refractivity contribution is 9.09. The maximum absolute atomic E-state index is 11.8. The molecule has 18 heavy (non-hydrogen) atoms. The van der Waals surface area contributed by atoms with E-state index in [1.807, 2.05) is 19.1 Å². The molecule has 0 bridgehead atoms. The normalized spacial score (nSPS) is 11.9. The van der Waals surface area contributed by atoms with Crippen molar-refractivity contribution in [2.45, 2.75) is 31.5 Å². The molecule has 0 aliphatic carbocycles. The van der Waals surface area contributed by atoms with E-state index in [1.54, 1.807) is 12.1 Å². The summed E-state index contributed by atoms with van der Waals surface area (Å²) in [5.41, 5.74) is 0.672. The second-order valence-corrected chi connectivity index (χ2v) is 5.70. The molecule has 1 amide bonds. The summed E-state index contributed by atoms with van der Waals surface area (Å²) in [5.74, 6) is 0.766. The minimum atomic E-state index is -0.0275. The van der Waals surface area contributed by atoms with E-state index in [0.29, 0.717) is 23.5 Å². The molecule has 0 fully saturated rings. The van der Waals surface area contributed by atoms with Gasteiger partial charge in [0.25, 0.3) is 5.91 Å². The number of benzene rings is 1. The van der Waals surface area contributed by atoms with Crippen LogP contribution in [0.4, 0.5) is 0 Å². The minimum absolute atomic E-state index is 0.0275. The molecule has 3 nitrogen and oxygen atoms in total. The Bertz CT molecular complexity index is 363. The Balaban J connectivity index is 2.37. The van der Waals surface area contributed by atoms with Crippen LogP contribution >= 0.6 is 15.9 Å². The van der Waals surface area contributed by atoms with Crippen LogP contribution in [0.1, 0.15) is 37.0 Å². The maximum atomic E-state index is 11.8. The predicted molar refractivity (Wildman–Crippen MR) is 77.6 cm³/mol. The molecule has 0 heterocycles. The molecule has 1 N–H and O–H groups in total. The maximum Gasteiger partial charge on any atom is 0.251 e. The lowest BCUT2D eigenvalue weighted by atomic mass is 10.2. The summed E-state index contributed by atoms with van der Waals surface area (Å²) in [6.45, 7) is 5.39. The van der Waals surface area contributed by atoms with E-state index in [4.69, 9.17) is 4.74 Å². The Morgan fingerprint density at radius 2 is 2.06 bits per heavy atom. The van der Waals surface area contributed by atoms with Crippen molar-refractivity contribution in [3.8, 4) is 5.75 Å². The fourth-order valence-corrected chi connectivity index (χ4v) is 1.88. The smallest absolute Gasteiger partial charge is 0.251 e. The Labute approximate surface area is 117 Å². The van der Waals surface area contributed by atoms with Crippen LogP contribution in [-0.2, 0) is 0 Å². The lowest BCUT2D eigenvalue weighted by Gasteiger charge is -2.07. The molecule has 0 saturated carbocycles. The zero-order chi connectivity index (χ0) is 13.4. The van der Waals surface area contributed by atoms with Crippen molar-refractivity contribution >= 4 is 21.8 Å². The molecule has 1 atom stereocenters. The van der Waals surface area contributed by atoms with E-state index in [2.05, 4.69) is 28.2 Å². The molecule has 1 unspecified atom stereocenters. The number of hydrogen-bond donors (Lipinski definition) is 1.